The maximum Gasteiger partial charge on any atom is 0.251 e. The summed E-state index contributed by atoms with van der Waals surface area (Å²) < 4.78 is 8.12. The number of imidazole rings is 1. The Hall–Kier alpha value is -3.60. The van der Waals surface area contributed by atoms with E-state index < -0.39 is 0 Å². The Kier molecular flexibility index (Phi) is 6.32. The van der Waals surface area contributed by atoms with E-state index in [1.165, 1.54) is 11.1 Å². The van der Waals surface area contributed by atoms with Crippen LogP contribution in [-0.4, -0.2) is 22.1 Å². The quantitative estimate of drug-likeness (QED) is 0.411. The average Bonchev–Trinajstić information content (AvgIpc) is 3.15. The highest BCUT2D eigenvalue weighted by atomic mass is 16.5. The van der Waals surface area contributed by atoms with Crippen molar-refractivity contribution in [2.75, 3.05) is 6.61 Å². The molecule has 0 aliphatic carbocycles. The molecule has 0 radical (unpaired) electrons. The van der Waals surface area contributed by atoms with Gasteiger partial charge in [-0.2, -0.15) is 0 Å². The van der Waals surface area contributed by atoms with Crippen LogP contribution >= 0.6 is 0 Å². The molecule has 1 heterocycles. The number of hydrogen-bond donors (Lipinski definition) is 1. The van der Waals surface area contributed by atoms with Gasteiger partial charge in [0.1, 0.15) is 11.6 Å². The first-order chi connectivity index (χ1) is 15.1. The van der Waals surface area contributed by atoms with Crippen LogP contribution in [0.3, 0.4) is 0 Å². The minimum atomic E-state index is -0.0997. The van der Waals surface area contributed by atoms with Gasteiger partial charge in [0.15, 0.2) is 0 Å². The van der Waals surface area contributed by atoms with E-state index in [1.807, 2.05) is 54.6 Å². The van der Waals surface area contributed by atoms with Crippen LogP contribution in [0.1, 0.15) is 33.7 Å². The molecular formula is C26H27N3O2. The lowest BCUT2D eigenvalue weighted by Crippen LogP contribution is -2.24. The van der Waals surface area contributed by atoms with Gasteiger partial charge in [0, 0.05) is 12.1 Å². The third-order valence-corrected chi connectivity index (χ3v) is 5.45. The molecule has 0 bridgehead atoms. The Morgan fingerprint density at radius 3 is 2.55 bits per heavy atom. The molecule has 3 aromatic carbocycles. The molecule has 0 fully saturated rings. The number of rotatable bonds is 8. The monoisotopic (exact) mass is 413 g/mol. The summed E-state index contributed by atoms with van der Waals surface area (Å²) in [6.07, 6.45) is 0.840. The van der Waals surface area contributed by atoms with E-state index in [1.54, 1.807) is 0 Å². The zero-order valence-corrected chi connectivity index (χ0v) is 18.0. The molecule has 0 aliphatic rings. The summed E-state index contributed by atoms with van der Waals surface area (Å²) in [7, 11) is 0. The number of nitrogens with zero attached hydrogens (tertiary/aromatic N) is 2. The molecule has 0 atom stereocenters. The van der Waals surface area contributed by atoms with Crippen molar-refractivity contribution in [1.82, 2.24) is 14.9 Å². The van der Waals surface area contributed by atoms with Crippen LogP contribution in [0, 0.1) is 13.8 Å². The fourth-order valence-corrected chi connectivity index (χ4v) is 3.58. The van der Waals surface area contributed by atoms with E-state index in [-0.39, 0.29) is 5.91 Å². The zero-order valence-electron chi connectivity index (χ0n) is 18.0. The summed E-state index contributed by atoms with van der Waals surface area (Å²) in [4.78, 5) is 17.2. The van der Waals surface area contributed by atoms with Gasteiger partial charge in [-0.05, 0) is 67.8 Å². The van der Waals surface area contributed by atoms with E-state index >= 15 is 0 Å². The molecule has 0 saturated carbocycles. The molecule has 1 N–H and O–H groups in total. The molecular weight excluding hydrogens is 386 g/mol. The van der Waals surface area contributed by atoms with Gasteiger partial charge in [-0.15, -0.1) is 0 Å². The largest absolute Gasteiger partial charge is 0.494 e. The number of carbonyl (C=O) groups is 1. The van der Waals surface area contributed by atoms with Crippen LogP contribution < -0.4 is 10.1 Å². The van der Waals surface area contributed by atoms with Crippen molar-refractivity contribution in [2.24, 2.45) is 0 Å². The van der Waals surface area contributed by atoms with Gasteiger partial charge < -0.3 is 14.6 Å². The minimum Gasteiger partial charge on any atom is -0.494 e. The number of aryl methyl sites for hydroxylation is 3. The van der Waals surface area contributed by atoms with Crippen LogP contribution in [0.25, 0.3) is 11.0 Å². The molecule has 5 nitrogen and oxygen atoms in total. The molecule has 0 saturated heterocycles. The Balaban J connectivity index is 1.42. The maximum atomic E-state index is 12.4. The average molecular weight is 414 g/mol. The Morgan fingerprint density at radius 1 is 0.968 bits per heavy atom. The number of para-hydroxylation sites is 2. The number of carbonyl (C=O) groups excluding carboxylic acids is 1. The molecule has 158 valence electrons. The van der Waals surface area contributed by atoms with Crippen LogP contribution in [-0.2, 0) is 13.1 Å². The predicted octanol–water partition coefficient (Wildman–Crippen LogP) is 5.05. The second-order valence-electron chi connectivity index (χ2n) is 7.67. The number of amides is 1. The summed E-state index contributed by atoms with van der Waals surface area (Å²) in [6, 6.07) is 23.5. The number of ether oxygens (including phenoxy) is 1. The van der Waals surface area contributed by atoms with Gasteiger partial charge in [-0.3, -0.25) is 4.79 Å². The summed E-state index contributed by atoms with van der Waals surface area (Å²) >= 11 is 0. The first-order valence-corrected chi connectivity index (χ1v) is 10.6. The molecule has 0 aliphatic heterocycles. The van der Waals surface area contributed by atoms with E-state index in [4.69, 9.17) is 9.72 Å². The van der Waals surface area contributed by atoms with Gasteiger partial charge in [-0.25, -0.2) is 4.98 Å². The number of benzene rings is 3. The number of fused-ring (bicyclic) bond motifs is 1. The molecule has 1 aromatic heterocycles. The van der Waals surface area contributed by atoms with Gasteiger partial charge in [0.25, 0.3) is 5.91 Å². The SMILES string of the molecule is Cc1ccc(OCCCn2c(CNC(=O)c3ccccc3)nc3ccccc32)cc1C. The topological polar surface area (TPSA) is 56.1 Å². The highest BCUT2D eigenvalue weighted by Gasteiger charge is 2.12. The van der Waals surface area contributed by atoms with Crippen LogP contribution in [0.4, 0.5) is 0 Å². The zero-order chi connectivity index (χ0) is 21.6. The standard InChI is InChI=1S/C26H27N3O2/c1-19-13-14-22(17-20(19)2)31-16-8-15-29-24-12-7-6-11-23(24)28-25(29)18-27-26(30)21-9-4-3-5-10-21/h3-7,9-14,17H,8,15-16,18H2,1-2H3,(H,27,30). The molecule has 1 amide bonds. The minimum absolute atomic E-state index is 0.0997. The summed E-state index contributed by atoms with van der Waals surface area (Å²) in [5, 5.41) is 2.99. The van der Waals surface area contributed by atoms with E-state index in [9.17, 15) is 4.79 Å². The van der Waals surface area contributed by atoms with Crippen molar-refractivity contribution >= 4 is 16.9 Å². The van der Waals surface area contributed by atoms with Crippen LogP contribution in [0.15, 0.2) is 72.8 Å². The first kappa shape index (κ1) is 20.7. The molecule has 5 heteroatoms. The van der Waals surface area contributed by atoms with Gasteiger partial charge in [0.2, 0.25) is 0 Å². The Morgan fingerprint density at radius 2 is 1.74 bits per heavy atom. The van der Waals surface area contributed by atoms with Crippen molar-refractivity contribution in [1.29, 1.82) is 0 Å². The molecule has 4 rings (SSSR count). The number of aromatic nitrogens is 2. The smallest absolute Gasteiger partial charge is 0.251 e. The highest BCUT2D eigenvalue weighted by molar-refractivity contribution is 5.94. The van der Waals surface area contributed by atoms with E-state index in [2.05, 4.69) is 41.9 Å². The van der Waals surface area contributed by atoms with Gasteiger partial charge in [0.05, 0.1) is 24.2 Å². The van der Waals surface area contributed by atoms with Gasteiger partial charge in [-0.1, -0.05) is 36.4 Å². The van der Waals surface area contributed by atoms with E-state index in [0.717, 1.165) is 35.6 Å². The number of nitrogens with one attached hydrogen (secondary N) is 1. The van der Waals surface area contributed by atoms with Crippen molar-refractivity contribution in [2.45, 2.75) is 33.4 Å². The second kappa shape index (κ2) is 9.47. The lowest BCUT2D eigenvalue weighted by atomic mass is 10.1. The fraction of sp³-hybridized carbons (Fsp3) is 0.231. The lowest BCUT2D eigenvalue weighted by Gasteiger charge is -2.12. The van der Waals surface area contributed by atoms with E-state index in [0.29, 0.717) is 18.7 Å². The van der Waals surface area contributed by atoms with Crippen molar-refractivity contribution in [3.63, 3.8) is 0 Å². The highest BCUT2D eigenvalue weighted by Crippen LogP contribution is 2.19. The third kappa shape index (κ3) is 4.94. The molecule has 0 spiro atoms. The first-order valence-electron chi connectivity index (χ1n) is 10.6. The third-order valence-electron chi connectivity index (χ3n) is 5.45. The van der Waals surface area contributed by atoms with Crippen molar-refractivity contribution in [3.8, 4) is 5.75 Å². The molecule has 31 heavy (non-hydrogen) atoms. The molecule has 4 aromatic rings. The predicted molar refractivity (Wildman–Crippen MR) is 123 cm³/mol. The molecule has 0 unspecified atom stereocenters. The number of hydrogen-bond acceptors (Lipinski definition) is 3. The van der Waals surface area contributed by atoms with Crippen LogP contribution in [0.2, 0.25) is 0 Å². The summed E-state index contributed by atoms with van der Waals surface area (Å²) in [5.74, 6) is 1.64. The van der Waals surface area contributed by atoms with Crippen molar-refractivity contribution in [3.05, 3.63) is 95.3 Å². The summed E-state index contributed by atoms with van der Waals surface area (Å²) in [6.45, 7) is 5.95. The normalized spacial score (nSPS) is 10.9. The Labute approximate surface area is 182 Å². The Bertz CT molecular complexity index is 1180. The van der Waals surface area contributed by atoms with Crippen LogP contribution in [0.5, 0.6) is 5.75 Å². The lowest BCUT2D eigenvalue weighted by molar-refractivity contribution is 0.0949. The van der Waals surface area contributed by atoms with Crippen molar-refractivity contribution < 1.29 is 9.53 Å². The second-order valence-corrected chi connectivity index (χ2v) is 7.67. The maximum absolute atomic E-state index is 12.4. The fourth-order valence-electron chi connectivity index (χ4n) is 3.58. The summed E-state index contributed by atoms with van der Waals surface area (Å²) in [5.41, 5.74) is 5.14. The van der Waals surface area contributed by atoms with Gasteiger partial charge >= 0.3 is 0 Å².